The Labute approximate surface area is 98.6 Å². The molecule has 0 amide bonds. The zero-order valence-electron chi connectivity index (χ0n) is 8.69. The minimum atomic E-state index is 0.160. The number of hydrogen-bond acceptors (Lipinski definition) is 3. The van der Waals surface area contributed by atoms with Crippen molar-refractivity contribution in [3.63, 3.8) is 0 Å². The van der Waals surface area contributed by atoms with Crippen LogP contribution >= 0.6 is 11.6 Å². The molecular formula is C12H12ClNO2. The number of benzene rings is 1. The summed E-state index contributed by atoms with van der Waals surface area (Å²) in [5.41, 5.74) is 1.82. The molecule has 4 heteroatoms. The van der Waals surface area contributed by atoms with E-state index in [1.54, 1.807) is 6.20 Å². The molecule has 84 valence electrons. The molecule has 2 rings (SSSR count). The lowest BCUT2D eigenvalue weighted by atomic mass is 10.1. The molecule has 0 fully saturated rings. The predicted molar refractivity (Wildman–Crippen MR) is 62.4 cm³/mol. The fraction of sp³-hybridized carbons (Fsp3) is 0.250. The molecule has 1 aromatic carbocycles. The monoisotopic (exact) mass is 237 g/mol. The van der Waals surface area contributed by atoms with E-state index in [9.17, 15) is 0 Å². The molecule has 3 nitrogen and oxygen atoms in total. The normalized spacial score (nSPS) is 10.6. The molecule has 2 aromatic rings. The third-order valence-electron chi connectivity index (χ3n) is 2.37. The quantitative estimate of drug-likeness (QED) is 0.889. The average Bonchev–Trinajstić information content (AvgIpc) is 2.75. The summed E-state index contributed by atoms with van der Waals surface area (Å²) in [5, 5.41) is 13.2. The Kier molecular flexibility index (Phi) is 3.59. The molecule has 0 spiro atoms. The van der Waals surface area contributed by atoms with Gasteiger partial charge in [-0.25, -0.2) is 0 Å². The van der Waals surface area contributed by atoms with E-state index in [0.717, 1.165) is 17.5 Å². The van der Waals surface area contributed by atoms with Crippen molar-refractivity contribution in [3.8, 4) is 11.3 Å². The second-order valence-corrected chi connectivity index (χ2v) is 3.89. The van der Waals surface area contributed by atoms with Gasteiger partial charge in [0.2, 0.25) is 0 Å². The van der Waals surface area contributed by atoms with Gasteiger partial charge < -0.3 is 9.63 Å². The fourth-order valence-electron chi connectivity index (χ4n) is 1.58. The van der Waals surface area contributed by atoms with Crippen molar-refractivity contribution in [2.45, 2.75) is 12.8 Å². The predicted octanol–water partition coefficient (Wildman–Crippen LogP) is 2.92. The van der Waals surface area contributed by atoms with E-state index in [-0.39, 0.29) is 6.61 Å². The minimum Gasteiger partial charge on any atom is -0.396 e. The van der Waals surface area contributed by atoms with E-state index in [2.05, 4.69) is 5.16 Å². The van der Waals surface area contributed by atoms with E-state index in [1.165, 1.54) is 0 Å². The Morgan fingerprint density at radius 3 is 2.88 bits per heavy atom. The number of halogens is 1. The summed E-state index contributed by atoms with van der Waals surface area (Å²) in [6, 6.07) is 7.48. The summed E-state index contributed by atoms with van der Waals surface area (Å²) >= 11 is 6.08. The van der Waals surface area contributed by atoms with Crippen LogP contribution in [-0.2, 0) is 6.42 Å². The van der Waals surface area contributed by atoms with Crippen molar-refractivity contribution in [2.75, 3.05) is 6.61 Å². The van der Waals surface area contributed by atoms with Gasteiger partial charge in [0.05, 0.1) is 11.2 Å². The lowest BCUT2D eigenvalue weighted by Crippen LogP contribution is -1.90. The highest BCUT2D eigenvalue weighted by Gasteiger charge is 2.12. The highest BCUT2D eigenvalue weighted by molar-refractivity contribution is 6.33. The number of aromatic nitrogens is 1. The van der Waals surface area contributed by atoms with Gasteiger partial charge in [0.1, 0.15) is 0 Å². The first kappa shape index (κ1) is 11.2. The summed E-state index contributed by atoms with van der Waals surface area (Å²) in [4.78, 5) is 0. The van der Waals surface area contributed by atoms with Crippen molar-refractivity contribution in [1.29, 1.82) is 0 Å². The SMILES string of the molecule is OCCCc1cnoc1-c1ccccc1Cl. The molecular weight excluding hydrogens is 226 g/mol. The zero-order chi connectivity index (χ0) is 11.4. The van der Waals surface area contributed by atoms with Crippen LogP contribution < -0.4 is 0 Å². The molecule has 0 aliphatic rings. The molecule has 1 heterocycles. The largest absolute Gasteiger partial charge is 0.396 e. The first-order chi connectivity index (χ1) is 7.83. The smallest absolute Gasteiger partial charge is 0.171 e. The van der Waals surface area contributed by atoms with E-state index in [4.69, 9.17) is 21.2 Å². The Balaban J connectivity index is 2.33. The molecule has 0 unspecified atom stereocenters. The molecule has 0 bridgehead atoms. The van der Waals surface area contributed by atoms with Crippen molar-refractivity contribution in [2.24, 2.45) is 0 Å². The van der Waals surface area contributed by atoms with E-state index in [1.807, 2.05) is 24.3 Å². The van der Waals surface area contributed by atoms with Crippen molar-refractivity contribution in [1.82, 2.24) is 5.16 Å². The molecule has 0 saturated carbocycles. The zero-order valence-corrected chi connectivity index (χ0v) is 9.44. The Morgan fingerprint density at radius 2 is 2.12 bits per heavy atom. The lowest BCUT2D eigenvalue weighted by Gasteiger charge is -2.02. The van der Waals surface area contributed by atoms with Crippen LogP contribution in [0.3, 0.4) is 0 Å². The first-order valence-electron chi connectivity index (χ1n) is 5.12. The van der Waals surface area contributed by atoms with Gasteiger partial charge in [-0.1, -0.05) is 28.9 Å². The van der Waals surface area contributed by atoms with Gasteiger partial charge in [-0.15, -0.1) is 0 Å². The highest BCUT2D eigenvalue weighted by atomic mass is 35.5. The Bertz CT molecular complexity index is 468. The number of rotatable bonds is 4. The standard InChI is InChI=1S/C12H12ClNO2/c13-11-6-2-1-5-10(11)12-9(4-3-7-15)8-14-16-12/h1-2,5-6,8,15H,3-4,7H2. The number of aryl methyl sites for hydroxylation is 1. The van der Waals surface area contributed by atoms with Crippen LogP contribution in [-0.4, -0.2) is 16.9 Å². The minimum absolute atomic E-state index is 0.160. The van der Waals surface area contributed by atoms with Crippen LogP contribution in [0.2, 0.25) is 5.02 Å². The summed E-state index contributed by atoms with van der Waals surface area (Å²) in [6.45, 7) is 0.160. The molecule has 1 N–H and O–H groups in total. The topological polar surface area (TPSA) is 46.3 Å². The van der Waals surface area contributed by atoms with Gasteiger partial charge in [-0.2, -0.15) is 0 Å². The summed E-state index contributed by atoms with van der Waals surface area (Å²) < 4.78 is 5.21. The van der Waals surface area contributed by atoms with Crippen molar-refractivity contribution >= 4 is 11.6 Å². The summed E-state index contributed by atoms with van der Waals surface area (Å²) in [7, 11) is 0. The van der Waals surface area contributed by atoms with Gasteiger partial charge in [0, 0.05) is 17.7 Å². The lowest BCUT2D eigenvalue weighted by molar-refractivity contribution is 0.288. The Hall–Kier alpha value is -1.32. The molecule has 0 saturated heterocycles. The van der Waals surface area contributed by atoms with Gasteiger partial charge >= 0.3 is 0 Å². The van der Waals surface area contributed by atoms with Crippen LogP contribution in [0.15, 0.2) is 35.0 Å². The molecule has 0 aliphatic heterocycles. The van der Waals surface area contributed by atoms with Crippen LogP contribution in [0.5, 0.6) is 0 Å². The fourth-order valence-corrected chi connectivity index (χ4v) is 1.80. The maximum absolute atomic E-state index is 8.80. The van der Waals surface area contributed by atoms with Gasteiger partial charge in [0.25, 0.3) is 0 Å². The van der Waals surface area contributed by atoms with Crippen LogP contribution in [0.1, 0.15) is 12.0 Å². The molecule has 0 radical (unpaired) electrons. The highest BCUT2D eigenvalue weighted by Crippen LogP contribution is 2.30. The van der Waals surface area contributed by atoms with E-state index in [0.29, 0.717) is 17.2 Å². The van der Waals surface area contributed by atoms with E-state index >= 15 is 0 Å². The van der Waals surface area contributed by atoms with Crippen LogP contribution in [0, 0.1) is 0 Å². The second-order valence-electron chi connectivity index (χ2n) is 3.49. The van der Waals surface area contributed by atoms with Crippen molar-refractivity contribution in [3.05, 3.63) is 41.0 Å². The molecule has 16 heavy (non-hydrogen) atoms. The first-order valence-corrected chi connectivity index (χ1v) is 5.50. The van der Waals surface area contributed by atoms with Crippen LogP contribution in [0.4, 0.5) is 0 Å². The number of aliphatic hydroxyl groups is 1. The van der Waals surface area contributed by atoms with E-state index < -0.39 is 0 Å². The summed E-state index contributed by atoms with van der Waals surface area (Å²) in [5.74, 6) is 0.694. The molecule has 0 atom stereocenters. The van der Waals surface area contributed by atoms with Gasteiger partial charge in [0.15, 0.2) is 5.76 Å². The van der Waals surface area contributed by atoms with Crippen LogP contribution in [0.25, 0.3) is 11.3 Å². The third-order valence-corrected chi connectivity index (χ3v) is 2.70. The average molecular weight is 238 g/mol. The second kappa shape index (κ2) is 5.14. The maximum Gasteiger partial charge on any atom is 0.171 e. The van der Waals surface area contributed by atoms with Gasteiger partial charge in [-0.05, 0) is 25.0 Å². The maximum atomic E-state index is 8.80. The number of nitrogens with zero attached hydrogens (tertiary/aromatic N) is 1. The summed E-state index contributed by atoms with van der Waals surface area (Å²) in [6.07, 6.45) is 3.10. The number of hydrogen-bond donors (Lipinski definition) is 1. The number of aliphatic hydroxyl groups excluding tert-OH is 1. The third kappa shape index (κ3) is 2.26. The van der Waals surface area contributed by atoms with Gasteiger partial charge in [-0.3, -0.25) is 0 Å². The van der Waals surface area contributed by atoms with Crippen molar-refractivity contribution < 1.29 is 9.63 Å². The molecule has 1 aromatic heterocycles. The molecule has 0 aliphatic carbocycles. The Morgan fingerprint density at radius 1 is 1.31 bits per heavy atom.